The third-order valence-corrected chi connectivity index (χ3v) is 11.1. The first kappa shape index (κ1) is 26.7. The predicted molar refractivity (Wildman–Crippen MR) is 154 cm³/mol. The smallest absolute Gasteiger partial charge is 0.254 e. The highest BCUT2D eigenvalue weighted by Crippen LogP contribution is 2.64. The van der Waals surface area contributed by atoms with Crippen LogP contribution in [0, 0.1) is 23.7 Å². The highest BCUT2D eigenvalue weighted by atomic mass is 79.9. The number of likely N-dealkylation sites (tertiary alicyclic amines) is 1. The largest absolute Gasteiger partial charge is 0.508 e. The minimum Gasteiger partial charge on any atom is -0.508 e. The number of fused-ring (bicyclic) bond motifs is 5. The number of para-hydroxylation sites is 1. The number of hydrogen-bond acceptors (Lipinski definition) is 6. The first-order valence-corrected chi connectivity index (χ1v) is 15.1. The summed E-state index contributed by atoms with van der Waals surface area (Å²) < 4.78 is 5.91. The molecule has 1 saturated carbocycles. The maximum absolute atomic E-state index is 14.0. The lowest BCUT2D eigenvalue weighted by molar-refractivity contribution is -0.138. The first-order chi connectivity index (χ1) is 19.6. The summed E-state index contributed by atoms with van der Waals surface area (Å²) in [7, 11) is 0. The highest BCUT2D eigenvalue weighted by Gasteiger charge is 2.76. The van der Waals surface area contributed by atoms with Crippen LogP contribution in [0.4, 0.5) is 5.69 Å². The van der Waals surface area contributed by atoms with Crippen LogP contribution in [0.1, 0.15) is 18.4 Å². The van der Waals surface area contributed by atoms with E-state index in [-0.39, 0.29) is 42.3 Å². The molecule has 2 saturated heterocycles. The number of carbonyl (C=O) groups excluding carboxylic acids is 4. The number of anilines is 1. The fourth-order valence-corrected chi connectivity index (χ4v) is 8.84. The molecule has 7 rings (SSSR count). The molecule has 0 aromatic heterocycles. The molecule has 4 amide bonds. The monoisotopic (exact) mass is 656 g/mol. The lowest BCUT2D eigenvalue weighted by Gasteiger charge is -2.51. The Morgan fingerprint density at radius 2 is 1.76 bits per heavy atom. The second-order valence-electron chi connectivity index (χ2n) is 11.1. The molecule has 0 bridgehead atoms. The van der Waals surface area contributed by atoms with Crippen LogP contribution >= 0.6 is 39.1 Å². The van der Waals surface area contributed by atoms with Crippen molar-refractivity contribution >= 4 is 68.4 Å². The Balaban J connectivity index is 1.37. The van der Waals surface area contributed by atoms with E-state index in [9.17, 15) is 24.3 Å². The molecule has 5 aliphatic rings. The minimum atomic E-state index is -1.90. The van der Waals surface area contributed by atoms with Crippen molar-refractivity contribution < 1.29 is 29.0 Å². The SMILES string of the molecule is O=C1C2CC=C3C(CC4(Cl)C(=O)N(CBr)C(=O)C4(Cl)C3C3=COc4ccc(O)cc4C3)C2C(=O)N1c1ccccc1. The van der Waals surface area contributed by atoms with Gasteiger partial charge in [0.2, 0.25) is 11.8 Å². The molecule has 2 aliphatic carbocycles. The average molecular weight is 658 g/mol. The highest BCUT2D eigenvalue weighted by molar-refractivity contribution is 9.09. The van der Waals surface area contributed by atoms with Crippen molar-refractivity contribution in [3.8, 4) is 11.5 Å². The summed E-state index contributed by atoms with van der Waals surface area (Å²) in [5, 5.41) is 10.1. The number of phenols is 1. The summed E-state index contributed by atoms with van der Waals surface area (Å²) in [6.45, 7) is 0. The number of rotatable bonds is 3. The van der Waals surface area contributed by atoms with E-state index in [1.54, 1.807) is 42.5 Å². The fourth-order valence-electron chi connectivity index (χ4n) is 7.40. The zero-order valence-electron chi connectivity index (χ0n) is 21.4. The van der Waals surface area contributed by atoms with Gasteiger partial charge >= 0.3 is 0 Å². The molecule has 6 atom stereocenters. The molecule has 11 heteroatoms. The van der Waals surface area contributed by atoms with Crippen LogP contribution in [0.25, 0.3) is 0 Å². The van der Waals surface area contributed by atoms with Crippen molar-refractivity contribution in [1.29, 1.82) is 0 Å². The third kappa shape index (κ3) is 3.46. The van der Waals surface area contributed by atoms with E-state index in [0.717, 1.165) is 4.90 Å². The summed E-state index contributed by atoms with van der Waals surface area (Å²) in [5.41, 5.74) is 2.35. The summed E-state index contributed by atoms with van der Waals surface area (Å²) in [6, 6.07) is 13.5. The molecule has 3 heterocycles. The number of allylic oxidation sites excluding steroid dienone is 3. The third-order valence-electron chi connectivity index (χ3n) is 9.18. The summed E-state index contributed by atoms with van der Waals surface area (Å²) in [4.78, 5) is 53.7. The maximum Gasteiger partial charge on any atom is 0.254 e. The number of benzene rings is 2. The molecule has 2 aromatic rings. The van der Waals surface area contributed by atoms with Crippen LogP contribution < -0.4 is 9.64 Å². The molecule has 0 spiro atoms. The quantitative estimate of drug-likeness (QED) is 0.223. The van der Waals surface area contributed by atoms with Crippen LogP contribution in [0.2, 0.25) is 0 Å². The van der Waals surface area contributed by atoms with Gasteiger partial charge in [-0.3, -0.25) is 29.0 Å². The summed E-state index contributed by atoms with van der Waals surface area (Å²) >= 11 is 17.8. The topological polar surface area (TPSA) is 104 Å². The zero-order valence-corrected chi connectivity index (χ0v) is 24.5. The Morgan fingerprint density at radius 1 is 1.00 bits per heavy atom. The van der Waals surface area contributed by atoms with E-state index in [1.165, 1.54) is 17.2 Å². The van der Waals surface area contributed by atoms with Crippen molar-refractivity contribution in [1.82, 2.24) is 4.90 Å². The van der Waals surface area contributed by atoms with Crippen molar-refractivity contribution in [2.24, 2.45) is 23.7 Å². The number of amides is 4. The van der Waals surface area contributed by atoms with E-state index in [2.05, 4.69) is 15.9 Å². The number of phenolic OH excluding ortho intramolecular Hbond substituents is 1. The number of carbonyl (C=O) groups is 4. The minimum absolute atomic E-state index is 0.0516. The van der Waals surface area contributed by atoms with E-state index in [1.807, 2.05) is 6.08 Å². The number of halogens is 3. The number of imide groups is 2. The Hall–Kier alpha value is -3.14. The van der Waals surface area contributed by atoms with Gasteiger partial charge in [-0.05, 0) is 54.7 Å². The van der Waals surface area contributed by atoms with Crippen molar-refractivity contribution in [2.45, 2.75) is 29.0 Å². The zero-order chi connectivity index (χ0) is 28.8. The fraction of sp³-hybridized carbons (Fsp3) is 0.333. The molecule has 210 valence electrons. The molecule has 0 radical (unpaired) electrons. The molecule has 41 heavy (non-hydrogen) atoms. The molecule has 3 fully saturated rings. The first-order valence-electron chi connectivity index (χ1n) is 13.2. The number of aromatic hydroxyl groups is 1. The number of hydrogen-bond donors (Lipinski definition) is 1. The predicted octanol–water partition coefficient (Wildman–Crippen LogP) is 4.66. The maximum atomic E-state index is 14.0. The van der Waals surface area contributed by atoms with Crippen molar-refractivity contribution in [3.63, 3.8) is 0 Å². The van der Waals surface area contributed by atoms with Crippen LogP contribution in [0.3, 0.4) is 0 Å². The second-order valence-corrected chi connectivity index (χ2v) is 12.9. The van der Waals surface area contributed by atoms with Crippen molar-refractivity contribution in [3.05, 3.63) is 77.6 Å². The second kappa shape index (κ2) is 9.18. The molecule has 2 aromatic carbocycles. The standard InChI is InChI=1S/C30H23BrCl2N2O6/c31-14-34-27(39)29(32)12-21-19(7-8-20-23(21)26(38)35(25(20)37)17-4-2-1-3-5-17)24(30(29,33)28(34)40)16-10-15-11-18(36)6-9-22(15)41-13-16/h1-7,9,11,13,20-21,23-24,36H,8,10,12,14H2. The van der Waals surface area contributed by atoms with Gasteiger partial charge in [-0.1, -0.05) is 45.8 Å². The van der Waals surface area contributed by atoms with Crippen LogP contribution in [0.15, 0.2) is 72.0 Å². The lowest BCUT2D eigenvalue weighted by Crippen LogP contribution is -2.61. The molecular formula is C30H23BrCl2N2O6. The Bertz CT molecular complexity index is 1610. The summed E-state index contributed by atoms with van der Waals surface area (Å²) in [6.07, 6.45) is 3.88. The summed E-state index contributed by atoms with van der Waals surface area (Å²) in [5.74, 6) is -4.26. The van der Waals surface area contributed by atoms with Gasteiger partial charge in [-0.15, -0.1) is 23.2 Å². The van der Waals surface area contributed by atoms with E-state index < -0.39 is 45.2 Å². The molecular weight excluding hydrogens is 635 g/mol. The van der Waals surface area contributed by atoms with Gasteiger partial charge < -0.3 is 9.84 Å². The Morgan fingerprint density at radius 3 is 2.49 bits per heavy atom. The van der Waals surface area contributed by atoms with E-state index >= 15 is 0 Å². The van der Waals surface area contributed by atoms with Crippen LogP contribution in [-0.4, -0.2) is 48.8 Å². The van der Waals surface area contributed by atoms with Gasteiger partial charge in [0.1, 0.15) is 11.5 Å². The van der Waals surface area contributed by atoms with E-state index in [4.69, 9.17) is 27.9 Å². The van der Waals surface area contributed by atoms with E-state index in [0.29, 0.717) is 28.1 Å². The molecule has 3 aliphatic heterocycles. The van der Waals surface area contributed by atoms with Crippen LogP contribution in [0.5, 0.6) is 11.5 Å². The van der Waals surface area contributed by atoms with Crippen molar-refractivity contribution in [2.75, 3.05) is 10.4 Å². The van der Waals surface area contributed by atoms with Gasteiger partial charge in [0, 0.05) is 17.9 Å². The molecule has 1 N–H and O–H groups in total. The van der Waals surface area contributed by atoms with Gasteiger partial charge in [-0.25, -0.2) is 0 Å². The normalized spacial score (nSPS) is 33.9. The van der Waals surface area contributed by atoms with Gasteiger partial charge in [-0.2, -0.15) is 0 Å². The molecule has 6 unspecified atom stereocenters. The van der Waals surface area contributed by atoms with Gasteiger partial charge in [0.05, 0.1) is 29.2 Å². The number of ether oxygens (including phenoxy) is 1. The Kier molecular flexibility index (Phi) is 5.99. The average Bonchev–Trinajstić information content (AvgIpc) is 3.30. The van der Waals surface area contributed by atoms with Gasteiger partial charge in [0.25, 0.3) is 11.8 Å². The van der Waals surface area contributed by atoms with Gasteiger partial charge in [0.15, 0.2) is 9.75 Å². The lowest BCUT2D eigenvalue weighted by atomic mass is 9.56. The Labute approximate surface area is 253 Å². The van der Waals surface area contributed by atoms with Crippen LogP contribution in [-0.2, 0) is 25.6 Å². The molecule has 8 nitrogen and oxygen atoms in total. The number of alkyl halides is 3. The number of nitrogens with zero attached hydrogens (tertiary/aromatic N) is 2.